The fraction of sp³-hybridized carbons (Fsp3) is 0.120. The highest BCUT2D eigenvalue weighted by Crippen LogP contribution is 2.44. The Morgan fingerprint density at radius 1 is 0.719 bits per heavy atom. The molecule has 0 spiro atoms. The Bertz CT molecular complexity index is 1190. The van der Waals surface area contributed by atoms with E-state index >= 15 is 0 Å². The first-order chi connectivity index (χ1) is 15.6. The van der Waals surface area contributed by atoms with Crippen molar-refractivity contribution in [1.29, 1.82) is 0 Å². The van der Waals surface area contributed by atoms with Crippen molar-refractivity contribution in [3.05, 3.63) is 83.3 Å². The Morgan fingerprint density at radius 2 is 1.38 bits per heavy atom. The number of methoxy groups -OCH3 is 3. The summed E-state index contributed by atoms with van der Waals surface area (Å²) >= 11 is 1.26. The normalized spacial score (nSPS) is 13.5. The molecule has 0 saturated carbocycles. The van der Waals surface area contributed by atoms with Gasteiger partial charge in [-0.15, -0.1) is 0 Å². The fourth-order valence-corrected chi connectivity index (χ4v) is 4.43. The molecule has 0 bridgehead atoms. The summed E-state index contributed by atoms with van der Waals surface area (Å²) in [6.45, 7) is 0. The number of ether oxygens (including phenoxy) is 3. The first kappa shape index (κ1) is 21.5. The van der Waals surface area contributed by atoms with Gasteiger partial charge in [-0.1, -0.05) is 42.1 Å². The van der Waals surface area contributed by atoms with E-state index in [0.29, 0.717) is 39.0 Å². The van der Waals surface area contributed by atoms with Gasteiger partial charge in [-0.3, -0.25) is 9.59 Å². The summed E-state index contributed by atoms with van der Waals surface area (Å²) in [6.07, 6.45) is 0. The highest BCUT2D eigenvalue weighted by Gasteiger charge is 2.41. The maximum Gasteiger partial charge on any atom is 0.273 e. The van der Waals surface area contributed by atoms with Crippen molar-refractivity contribution in [3.8, 4) is 17.2 Å². The van der Waals surface area contributed by atoms with Gasteiger partial charge in [0.05, 0.1) is 37.5 Å². The van der Waals surface area contributed by atoms with Gasteiger partial charge in [0.15, 0.2) is 0 Å². The van der Waals surface area contributed by atoms with E-state index in [1.165, 1.54) is 26.0 Å². The van der Waals surface area contributed by atoms with E-state index in [1.54, 1.807) is 49.6 Å². The molecule has 1 heterocycles. The minimum absolute atomic E-state index is 0.330. The third-order valence-electron chi connectivity index (χ3n) is 5.01. The number of anilines is 1. The number of amides is 2. The zero-order valence-electron chi connectivity index (χ0n) is 17.8. The molecule has 0 atom stereocenters. The number of nitrogens with zero attached hydrogens (tertiary/aromatic N) is 1. The van der Waals surface area contributed by atoms with Gasteiger partial charge < -0.3 is 14.2 Å². The van der Waals surface area contributed by atoms with Crippen molar-refractivity contribution >= 4 is 34.8 Å². The third-order valence-corrected chi connectivity index (χ3v) is 6.10. The van der Waals surface area contributed by atoms with Gasteiger partial charge in [0, 0.05) is 11.0 Å². The molecule has 0 aromatic heterocycles. The summed E-state index contributed by atoms with van der Waals surface area (Å²) < 4.78 is 16.0. The van der Waals surface area contributed by atoms with Crippen LogP contribution in [0.2, 0.25) is 0 Å². The SMILES string of the molecule is COc1ccc(C2=C(Sc3ccccc3)C(=O)N(c3cc(OC)ccc3OC)C2=O)cc1. The molecule has 32 heavy (non-hydrogen) atoms. The van der Waals surface area contributed by atoms with Crippen LogP contribution in [-0.4, -0.2) is 33.1 Å². The number of hydrogen-bond donors (Lipinski definition) is 0. The van der Waals surface area contributed by atoms with Crippen LogP contribution < -0.4 is 19.1 Å². The summed E-state index contributed by atoms with van der Waals surface area (Å²) in [6, 6.07) is 21.6. The van der Waals surface area contributed by atoms with Crippen LogP contribution in [0, 0.1) is 0 Å². The number of carbonyl (C=O) groups is 2. The highest BCUT2D eigenvalue weighted by molar-refractivity contribution is 8.04. The zero-order chi connectivity index (χ0) is 22.7. The van der Waals surface area contributed by atoms with Gasteiger partial charge in [-0.2, -0.15) is 0 Å². The highest BCUT2D eigenvalue weighted by atomic mass is 32.2. The number of thioether (sulfide) groups is 1. The molecule has 0 unspecified atom stereocenters. The molecule has 0 saturated heterocycles. The van der Waals surface area contributed by atoms with Gasteiger partial charge >= 0.3 is 0 Å². The molecule has 2 amide bonds. The van der Waals surface area contributed by atoms with E-state index in [9.17, 15) is 9.59 Å². The molecule has 7 heteroatoms. The minimum atomic E-state index is -0.426. The molecular weight excluding hydrogens is 426 g/mol. The van der Waals surface area contributed by atoms with E-state index in [1.807, 2.05) is 30.3 Å². The minimum Gasteiger partial charge on any atom is -0.497 e. The Morgan fingerprint density at radius 3 is 2.00 bits per heavy atom. The van der Waals surface area contributed by atoms with Crippen molar-refractivity contribution in [1.82, 2.24) is 0 Å². The second kappa shape index (κ2) is 9.20. The van der Waals surface area contributed by atoms with Crippen LogP contribution in [-0.2, 0) is 9.59 Å². The number of carbonyl (C=O) groups excluding carboxylic acids is 2. The summed E-state index contributed by atoms with van der Waals surface area (Å²) in [5.41, 5.74) is 1.29. The van der Waals surface area contributed by atoms with E-state index in [0.717, 1.165) is 9.80 Å². The number of hydrogen-bond acceptors (Lipinski definition) is 6. The molecule has 3 aromatic carbocycles. The standard InChI is InChI=1S/C25H21NO5S/c1-29-17-11-9-16(10-12-17)22-23(32-19-7-5-4-6-8-19)25(28)26(24(22)27)20-15-18(30-2)13-14-21(20)31-3/h4-15H,1-3H3. The maximum atomic E-state index is 13.6. The predicted octanol–water partition coefficient (Wildman–Crippen LogP) is 4.79. The molecule has 0 N–H and O–H groups in total. The number of benzene rings is 3. The van der Waals surface area contributed by atoms with Gasteiger partial charge in [0.2, 0.25) is 0 Å². The molecule has 0 radical (unpaired) electrons. The summed E-state index contributed by atoms with van der Waals surface area (Å²) in [5, 5.41) is 0. The van der Waals surface area contributed by atoms with Crippen LogP contribution in [0.4, 0.5) is 5.69 Å². The summed E-state index contributed by atoms with van der Waals surface area (Å²) in [7, 11) is 4.59. The van der Waals surface area contributed by atoms with Crippen LogP contribution in [0.25, 0.3) is 5.57 Å². The van der Waals surface area contributed by atoms with Crippen LogP contribution >= 0.6 is 11.8 Å². The van der Waals surface area contributed by atoms with Crippen molar-refractivity contribution < 1.29 is 23.8 Å². The predicted molar refractivity (Wildman–Crippen MR) is 124 cm³/mol. The number of rotatable bonds is 7. The Balaban J connectivity index is 1.84. The average molecular weight is 448 g/mol. The quantitative estimate of drug-likeness (QED) is 0.485. The first-order valence-electron chi connectivity index (χ1n) is 9.79. The third kappa shape index (κ3) is 3.94. The lowest BCUT2D eigenvalue weighted by Gasteiger charge is -2.19. The topological polar surface area (TPSA) is 65.1 Å². The van der Waals surface area contributed by atoms with Crippen molar-refractivity contribution in [2.75, 3.05) is 26.2 Å². The second-order valence-electron chi connectivity index (χ2n) is 6.83. The van der Waals surface area contributed by atoms with E-state index in [2.05, 4.69) is 0 Å². The van der Waals surface area contributed by atoms with Gasteiger partial charge in [-0.05, 0) is 42.0 Å². The molecule has 1 aliphatic rings. The average Bonchev–Trinajstić information content (AvgIpc) is 3.08. The zero-order valence-corrected chi connectivity index (χ0v) is 18.6. The van der Waals surface area contributed by atoms with E-state index in [-0.39, 0.29) is 0 Å². The maximum absolute atomic E-state index is 13.6. The lowest BCUT2D eigenvalue weighted by molar-refractivity contribution is -0.119. The van der Waals surface area contributed by atoms with E-state index < -0.39 is 11.8 Å². The monoisotopic (exact) mass is 447 g/mol. The molecule has 0 fully saturated rings. The molecule has 0 aliphatic carbocycles. The van der Waals surface area contributed by atoms with Gasteiger partial charge in [0.1, 0.15) is 17.2 Å². The van der Waals surface area contributed by atoms with Crippen LogP contribution in [0.3, 0.4) is 0 Å². The largest absolute Gasteiger partial charge is 0.497 e. The summed E-state index contributed by atoms with van der Waals surface area (Å²) in [4.78, 5) is 29.6. The van der Waals surface area contributed by atoms with Crippen LogP contribution in [0.15, 0.2) is 82.6 Å². The van der Waals surface area contributed by atoms with Crippen LogP contribution in [0.5, 0.6) is 17.2 Å². The van der Waals surface area contributed by atoms with Gasteiger partial charge in [-0.25, -0.2) is 4.90 Å². The fourth-order valence-electron chi connectivity index (χ4n) is 3.41. The van der Waals surface area contributed by atoms with Gasteiger partial charge in [0.25, 0.3) is 11.8 Å². The lowest BCUT2D eigenvalue weighted by Crippen LogP contribution is -2.31. The Hall–Kier alpha value is -3.71. The smallest absolute Gasteiger partial charge is 0.273 e. The van der Waals surface area contributed by atoms with Crippen molar-refractivity contribution in [2.24, 2.45) is 0 Å². The molecule has 1 aliphatic heterocycles. The number of imide groups is 1. The first-order valence-corrected chi connectivity index (χ1v) is 10.6. The molecular formula is C25H21NO5S. The van der Waals surface area contributed by atoms with Crippen molar-refractivity contribution in [3.63, 3.8) is 0 Å². The second-order valence-corrected chi connectivity index (χ2v) is 7.92. The van der Waals surface area contributed by atoms with Crippen LogP contribution in [0.1, 0.15) is 5.56 Å². The van der Waals surface area contributed by atoms with Crippen molar-refractivity contribution in [2.45, 2.75) is 4.90 Å². The van der Waals surface area contributed by atoms with E-state index in [4.69, 9.17) is 14.2 Å². The summed E-state index contributed by atoms with van der Waals surface area (Å²) in [5.74, 6) is 0.727. The molecule has 6 nitrogen and oxygen atoms in total. The Labute approximate surface area is 190 Å². The molecule has 162 valence electrons. The molecule has 3 aromatic rings. The molecule has 4 rings (SSSR count). The lowest BCUT2D eigenvalue weighted by atomic mass is 10.1. The Kier molecular flexibility index (Phi) is 6.18.